The number of rotatable bonds is 6. The normalized spacial score (nSPS) is 16.5. The van der Waals surface area contributed by atoms with Crippen LogP contribution in [0.25, 0.3) is 11.1 Å². The van der Waals surface area contributed by atoms with Crippen molar-refractivity contribution in [3.05, 3.63) is 82.5 Å². The Kier molecular flexibility index (Phi) is 6.92. The predicted molar refractivity (Wildman–Crippen MR) is 124 cm³/mol. The Balaban J connectivity index is 1.63. The predicted octanol–water partition coefficient (Wildman–Crippen LogP) is 2.39. The zero-order valence-corrected chi connectivity index (χ0v) is 18.6. The first kappa shape index (κ1) is 22.4. The van der Waals surface area contributed by atoms with E-state index >= 15 is 0 Å². The van der Waals surface area contributed by atoms with Crippen LogP contribution in [0.2, 0.25) is 0 Å². The second-order valence-electron chi connectivity index (χ2n) is 8.18. The highest BCUT2D eigenvalue weighted by Crippen LogP contribution is 2.27. The average molecular weight is 446 g/mol. The SMILES string of the molecule is CCCN1CCN(C(=O)c2ccc(=O)[nH]n2)CC(Cc2ccccc2-c2cccnc2)C1=O. The summed E-state index contributed by atoms with van der Waals surface area (Å²) in [6, 6.07) is 14.6. The second-order valence-corrected chi connectivity index (χ2v) is 8.18. The van der Waals surface area contributed by atoms with E-state index in [-0.39, 0.29) is 29.0 Å². The number of benzene rings is 1. The number of carbonyl (C=O) groups excluding carboxylic acids is 2. The fourth-order valence-electron chi connectivity index (χ4n) is 4.27. The average Bonchev–Trinajstić information content (AvgIpc) is 2.99. The summed E-state index contributed by atoms with van der Waals surface area (Å²) in [7, 11) is 0. The number of pyridine rings is 1. The molecule has 1 unspecified atom stereocenters. The van der Waals surface area contributed by atoms with Crippen molar-refractivity contribution in [2.75, 3.05) is 26.2 Å². The van der Waals surface area contributed by atoms with Crippen LogP contribution in [0.3, 0.4) is 0 Å². The van der Waals surface area contributed by atoms with Crippen LogP contribution in [-0.4, -0.2) is 63.0 Å². The van der Waals surface area contributed by atoms with Crippen LogP contribution in [0.15, 0.2) is 65.7 Å². The molecule has 0 saturated carbocycles. The molecule has 1 N–H and O–H groups in total. The lowest BCUT2D eigenvalue weighted by atomic mass is 9.91. The van der Waals surface area contributed by atoms with Crippen molar-refractivity contribution in [1.29, 1.82) is 0 Å². The molecule has 1 aromatic carbocycles. The fraction of sp³-hybridized carbons (Fsp3) is 0.320. The smallest absolute Gasteiger partial charge is 0.274 e. The molecule has 0 radical (unpaired) electrons. The van der Waals surface area contributed by atoms with Crippen molar-refractivity contribution >= 4 is 11.8 Å². The molecule has 8 nitrogen and oxygen atoms in total. The number of carbonyl (C=O) groups is 2. The minimum Gasteiger partial charge on any atom is -0.341 e. The van der Waals surface area contributed by atoms with Crippen LogP contribution in [-0.2, 0) is 11.2 Å². The summed E-state index contributed by atoms with van der Waals surface area (Å²) < 4.78 is 0. The van der Waals surface area contributed by atoms with Gasteiger partial charge in [0.15, 0.2) is 0 Å². The molecule has 33 heavy (non-hydrogen) atoms. The van der Waals surface area contributed by atoms with Gasteiger partial charge >= 0.3 is 0 Å². The van der Waals surface area contributed by atoms with Gasteiger partial charge in [-0.2, -0.15) is 5.10 Å². The molecule has 1 atom stereocenters. The lowest BCUT2D eigenvalue weighted by Gasteiger charge is -2.24. The molecule has 0 bridgehead atoms. The minimum atomic E-state index is -0.386. The van der Waals surface area contributed by atoms with E-state index in [2.05, 4.69) is 15.2 Å². The first-order valence-corrected chi connectivity index (χ1v) is 11.2. The Hall–Kier alpha value is -3.81. The number of H-pyrrole nitrogens is 1. The van der Waals surface area contributed by atoms with E-state index in [9.17, 15) is 14.4 Å². The highest BCUT2D eigenvalue weighted by molar-refractivity contribution is 5.93. The molecule has 2 amide bonds. The van der Waals surface area contributed by atoms with Gasteiger partial charge in [0, 0.05) is 50.2 Å². The van der Waals surface area contributed by atoms with Crippen LogP contribution < -0.4 is 5.56 Å². The number of nitrogens with zero attached hydrogens (tertiary/aromatic N) is 4. The molecule has 0 aliphatic carbocycles. The van der Waals surface area contributed by atoms with Crippen molar-refractivity contribution in [2.24, 2.45) is 5.92 Å². The van der Waals surface area contributed by atoms with Gasteiger partial charge < -0.3 is 9.80 Å². The van der Waals surface area contributed by atoms with Crippen LogP contribution in [0.4, 0.5) is 0 Å². The second kappa shape index (κ2) is 10.2. The van der Waals surface area contributed by atoms with Crippen LogP contribution >= 0.6 is 0 Å². The maximum atomic E-state index is 13.4. The van der Waals surface area contributed by atoms with Gasteiger partial charge in [0.25, 0.3) is 11.5 Å². The van der Waals surface area contributed by atoms with Gasteiger partial charge in [-0.05, 0) is 36.1 Å². The molecule has 4 rings (SSSR count). The zero-order chi connectivity index (χ0) is 23.2. The number of amides is 2. The van der Waals surface area contributed by atoms with Gasteiger partial charge in [0.05, 0.1) is 5.92 Å². The summed E-state index contributed by atoms with van der Waals surface area (Å²) in [5.74, 6) is -0.617. The summed E-state index contributed by atoms with van der Waals surface area (Å²) in [6.45, 7) is 3.88. The number of hydrogen-bond acceptors (Lipinski definition) is 5. The molecular weight excluding hydrogens is 418 g/mol. The van der Waals surface area contributed by atoms with Crippen molar-refractivity contribution in [3.63, 3.8) is 0 Å². The largest absolute Gasteiger partial charge is 0.341 e. The monoisotopic (exact) mass is 445 g/mol. The van der Waals surface area contributed by atoms with E-state index in [0.29, 0.717) is 32.6 Å². The lowest BCUT2D eigenvalue weighted by Crippen LogP contribution is -2.38. The summed E-state index contributed by atoms with van der Waals surface area (Å²) in [6.07, 6.45) is 4.90. The van der Waals surface area contributed by atoms with E-state index in [0.717, 1.165) is 23.1 Å². The van der Waals surface area contributed by atoms with E-state index in [4.69, 9.17) is 0 Å². The number of aromatic nitrogens is 3. The molecule has 3 heterocycles. The zero-order valence-electron chi connectivity index (χ0n) is 18.6. The molecule has 1 aliphatic heterocycles. The quantitative estimate of drug-likeness (QED) is 0.628. The summed E-state index contributed by atoms with van der Waals surface area (Å²) in [5.41, 5.74) is 2.86. The van der Waals surface area contributed by atoms with E-state index < -0.39 is 0 Å². The summed E-state index contributed by atoms with van der Waals surface area (Å²) in [5, 5.41) is 6.20. The molecule has 2 aromatic heterocycles. The molecule has 0 spiro atoms. The number of hydrogen-bond donors (Lipinski definition) is 1. The first-order valence-electron chi connectivity index (χ1n) is 11.2. The van der Waals surface area contributed by atoms with Gasteiger partial charge in [-0.25, -0.2) is 5.10 Å². The van der Waals surface area contributed by atoms with Crippen LogP contribution in [0.5, 0.6) is 0 Å². The number of nitrogens with one attached hydrogen (secondary N) is 1. The molecule has 1 aliphatic rings. The fourth-order valence-corrected chi connectivity index (χ4v) is 4.27. The van der Waals surface area contributed by atoms with E-state index in [1.807, 2.05) is 54.4 Å². The summed E-state index contributed by atoms with van der Waals surface area (Å²) in [4.78, 5) is 45.7. The Morgan fingerprint density at radius 3 is 2.67 bits per heavy atom. The molecule has 170 valence electrons. The Morgan fingerprint density at radius 1 is 1.09 bits per heavy atom. The standard InChI is InChI=1S/C25H27N5O3/c1-2-12-29-13-14-30(25(33)22-9-10-23(31)28-27-22)17-20(24(29)32)15-18-6-3-4-8-21(18)19-7-5-11-26-16-19/h3-11,16,20H,2,12-15,17H2,1H3,(H,28,31). The molecular formula is C25H27N5O3. The molecule has 1 saturated heterocycles. The van der Waals surface area contributed by atoms with Crippen molar-refractivity contribution < 1.29 is 9.59 Å². The maximum absolute atomic E-state index is 13.4. The van der Waals surface area contributed by atoms with Gasteiger partial charge in [0.1, 0.15) is 5.69 Å². The summed E-state index contributed by atoms with van der Waals surface area (Å²) >= 11 is 0. The minimum absolute atomic E-state index is 0.0579. The highest BCUT2D eigenvalue weighted by atomic mass is 16.2. The van der Waals surface area contributed by atoms with Crippen molar-refractivity contribution in [1.82, 2.24) is 25.0 Å². The third kappa shape index (κ3) is 5.16. The number of aromatic amines is 1. The third-order valence-electron chi connectivity index (χ3n) is 5.88. The maximum Gasteiger partial charge on any atom is 0.274 e. The van der Waals surface area contributed by atoms with E-state index in [1.54, 1.807) is 11.1 Å². The lowest BCUT2D eigenvalue weighted by molar-refractivity contribution is -0.134. The Morgan fingerprint density at radius 2 is 1.94 bits per heavy atom. The van der Waals surface area contributed by atoms with Crippen molar-refractivity contribution in [3.8, 4) is 11.1 Å². The first-order chi connectivity index (χ1) is 16.1. The topological polar surface area (TPSA) is 99.3 Å². The Labute approximate surface area is 192 Å². The highest BCUT2D eigenvalue weighted by Gasteiger charge is 2.33. The Bertz CT molecular complexity index is 1160. The molecule has 8 heteroatoms. The van der Waals surface area contributed by atoms with Crippen LogP contribution in [0, 0.1) is 5.92 Å². The molecule has 1 fully saturated rings. The van der Waals surface area contributed by atoms with Crippen LogP contribution in [0.1, 0.15) is 29.4 Å². The molecule has 3 aromatic rings. The van der Waals surface area contributed by atoms with Gasteiger partial charge in [-0.1, -0.05) is 37.3 Å². The van der Waals surface area contributed by atoms with Gasteiger partial charge in [-0.3, -0.25) is 19.4 Å². The third-order valence-corrected chi connectivity index (χ3v) is 5.88. The van der Waals surface area contributed by atoms with E-state index in [1.165, 1.54) is 12.1 Å². The van der Waals surface area contributed by atoms with Gasteiger partial charge in [0.2, 0.25) is 5.91 Å². The van der Waals surface area contributed by atoms with Crippen molar-refractivity contribution in [2.45, 2.75) is 19.8 Å². The van der Waals surface area contributed by atoms with Gasteiger partial charge in [-0.15, -0.1) is 0 Å².